The van der Waals surface area contributed by atoms with E-state index in [-0.39, 0.29) is 17.8 Å². The van der Waals surface area contributed by atoms with Crippen LogP contribution in [0.25, 0.3) is 10.8 Å². The summed E-state index contributed by atoms with van der Waals surface area (Å²) in [5, 5.41) is 12.1. The molecule has 23 heavy (non-hydrogen) atoms. The summed E-state index contributed by atoms with van der Waals surface area (Å²) in [4.78, 5) is 14.6. The summed E-state index contributed by atoms with van der Waals surface area (Å²) >= 11 is 0. The van der Waals surface area contributed by atoms with E-state index in [1.54, 1.807) is 11.0 Å². The zero-order valence-corrected chi connectivity index (χ0v) is 13.5. The predicted octanol–water partition coefficient (Wildman–Crippen LogP) is 3.58. The van der Waals surface area contributed by atoms with Crippen LogP contribution in [0.5, 0.6) is 5.75 Å². The number of amides is 1. The summed E-state index contributed by atoms with van der Waals surface area (Å²) in [6, 6.07) is 11.1. The van der Waals surface area contributed by atoms with Crippen molar-refractivity contribution in [2.75, 3.05) is 19.7 Å². The molecule has 0 spiro atoms. The Morgan fingerprint density at radius 2 is 2.09 bits per heavy atom. The predicted molar refractivity (Wildman–Crippen MR) is 90.8 cm³/mol. The number of benzene rings is 2. The Bertz CT molecular complexity index is 692. The first-order chi connectivity index (χ1) is 11.2. The van der Waals surface area contributed by atoms with Crippen LogP contribution in [-0.4, -0.2) is 41.7 Å². The number of hydrogen-bond donors (Lipinski definition) is 1. The Morgan fingerprint density at radius 1 is 1.26 bits per heavy atom. The van der Waals surface area contributed by atoms with Gasteiger partial charge in [0.25, 0.3) is 5.91 Å². The van der Waals surface area contributed by atoms with Crippen molar-refractivity contribution in [3.8, 4) is 5.75 Å². The average molecular weight is 313 g/mol. The lowest BCUT2D eigenvalue weighted by Crippen LogP contribution is -2.39. The Kier molecular flexibility index (Phi) is 4.82. The molecule has 2 aromatic rings. The maximum atomic E-state index is 12.8. The number of ether oxygens (including phenoxy) is 1. The molecule has 1 fully saturated rings. The molecule has 0 unspecified atom stereocenters. The molecule has 1 amide bonds. The van der Waals surface area contributed by atoms with E-state index in [1.807, 2.05) is 37.3 Å². The molecule has 2 aromatic carbocycles. The maximum absolute atomic E-state index is 12.8. The number of phenols is 1. The van der Waals surface area contributed by atoms with Crippen LogP contribution in [0.1, 0.15) is 36.5 Å². The molecule has 0 bridgehead atoms. The molecule has 0 aromatic heterocycles. The van der Waals surface area contributed by atoms with Crippen LogP contribution in [0.2, 0.25) is 0 Å². The minimum atomic E-state index is -0.134. The number of carbonyl (C=O) groups is 1. The summed E-state index contributed by atoms with van der Waals surface area (Å²) in [5.41, 5.74) is 0.362. The van der Waals surface area contributed by atoms with E-state index in [0.717, 1.165) is 31.3 Å². The van der Waals surface area contributed by atoms with E-state index in [0.29, 0.717) is 24.0 Å². The van der Waals surface area contributed by atoms with Crippen LogP contribution in [-0.2, 0) is 4.74 Å². The third-order valence-electron chi connectivity index (χ3n) is 4.50. The normalized spacial score (nSPS) is 18.0. The molecular formula is C19H23NO3. The first-order valence-electron chi connectivity index (χ1n) is 8.32. The number of likely N-dealkylation sites (N-methyl/N-ethyl adjacent to an activating group) is 1. The minimum Gasteiger partial charge on any atom is -0.506 e. The van der Waals surface area contributed by atoms with Crippen molar-refractivity contribution in [3.63, 3.8) is 0 Å². The molecular weight excluding hydrogens is 290 g/mol. The monoisotopic (exact) mass is 313 g/mol. The second kappa shape index (κ2) is 7.01. The molecule has 0 aliphatic carbocycles. The molecule has 0 radical (unpaired) electrons. The highest BCUT2D eigenvalue weighted by Gasteiger charge is 2.23. The van der Waals surface area contributed by atoms with Crippen molar-refractivity contribution in [1.82, 2.24) is 4.90 Å². The third-order valence-corrected chi connectivity index (χ3v) is 4.50. The third kappa shape index (κ3) is 3.32. The molecule has 1 aliphatic heterocycles. The van der Waals surface area contributed by atoms with Crippen LogP contribution in [0.4, 0.5) is 0 Å². The maximum Gasteiger partial charge on any atom is 0.257 e. The fourth-order valence-corrected chi connectivity index (χ4v) is 3.15. The molecule has 1 atom stereocenters. The van der Waals surface area contributed by atoms with Gasteiger partial charge in [0.1, 0.15) is 5.75 Å². The van der Waals surface area contributed by atoms with Gasteiger partial charge in [-0.15, -0.1) is 0 Å². The van der Waals surface area contributed by atoms with Gasteiger partial charge in [0.2, 0.25) is 0 Å². The van der Waals surface area contributed by atoms with Gasteiger partial charge in [-0.05, 0) is 37.6 Å². The molecule has 1 aliphatic rings. The molecule has 4 nitrogen and oxygen atoms in total. The van der Waals surface area contributed by atoms with E-state index >= 15 is 0 Å². The lowest BCUT2D eigenvalue weighted by molar-refractivity contribution is -0.00316. The second-order valence-electron chi connectivity index (χ2n) is 6.02. The average Bonchev–Trinajstić information content (AvgIpc) is 2.60. The number of rotatable bonds is 4. The minimum absolute atomic E-state index is 0.0658. The number of nitrogens with zero attached hydrogens (tertiary/aromatic N) is 1. The highest BCUT2D eigenvalue weighted by molar-refractivity contribution is 6.03. The summed E-state index contributed by atoms with van der Waals surface area (Å²) in [6.07, 6.45) is 3.35. The van der Waals surface area contributed by atoms with E-state index in [1.165, 1.54) is 0 Å². The first-order valence-corrected chi connectivity index (χ1v) is 8.32. The summed E-state index contributed by atoms with van der Waals surface area (Å²) in [5.74, 6) is -0.0685. The Labute approximate surface area is 136 Å². The summed E-state index contributed by atoms with van der Waals surface area (Å²) in [7, 11) is 0. The van der Waals surface area contributed by atoms with E-state index in [4.69, 9.17) is 4.74 Å². The highest BCUT2D eigenvalue weighted by Crippen LogP contribution is 2.29. The Morgan fingerprint density at radius 3 is 2.83 bits per heavy atom. The van der Waals surface area contributed by atoms with Crippen LogP contribution in [0.15, 0.2) is 36.4 Å². The Balaban J connectivity index is 1.84. The smallest absolute Gasteiger partial charge is 0.257 e. The molecule has 3 rings (SSSR count). The van der Waals surface area contributed by atoms with Gasteiger partial charge in [0.15, 0.2) is 0 Å². The molecule has 122 valence electrons. The quantitative estimate of drug-likeness (QED) is 0.938. The van der Waals surface area contributed by atoms with Crippen LogP contribution >= 0.6 is 0 Å². The van der Waals surface area contributed by atoms with E-state index in [9.17, 15) is 9.90 Å². The zero-order chi connectivity index (χ0) is 16.2. The Hall–Kier alpha value is -2.07. The van der Waals surface area contributed by atoms with Crippen molar-refractivity contribution >= 4 is 16.7 Å². The zero-order valence-electron chi connectivity index (χ0n) is 13.5. The first kappa shape index (κ1) is 15.8. The van der Waals surface area contributed by atoms with Gasteiger partial charge >= 0.3 is 0 Å². The van der Waals surface area contributed by atoms with Gasteiger partial charge in [-0.2, -0.15) is 0 Å². The lowest BCUT2D eigenvalue weighted by atomic mass is 10.0. The van der Waals surface area contributed by atoms with Crippen molar-refractivity contribution in [1.29, 1.82) is 0 Å². The van der Waals surface area contributed by atoms with Gasteiger partial charge in [-0.3, -0.25) is 4.79 Å². The lowest BCUT2D eigenvalue weighted by Gasteiger charge is -2.29. The topological polar surface area (TPSA) is 49.8 Å². The number of phenolic OH excluding ortho intramolecular Hbond substituents is 1. The van der Waals surface area contributed by atoms with Gasteiger partial charge in [-0.25, -0.2) is 0 Å². The van der Waals surface area contributed by atoms with Crippen LogP contribution in [0, 0.1) is 0 Å². The molecule has 0 saturated carbocycles. The molecule has 1 N–H and O–H groups in total. The van der Waals surface area contributed by atoms with Gasteiger partial charge in [0, 0.05) is 25.1 Å². The SMILES string of the molecule is CCN(C[C@@H]1CCCCO1)C(=O)c1ccc2ccccc2c1O. The fraction of sp³-hybridized carbons (Fsp3) is 0.421. The van der Waals surface area contributed by atoms with E-state index in [2.05, 4.69) is 0 Å². The van der Waals surface area contributed by atoms with Crippen LogP contribution < -0.4 is 0 Å². The highest BCUT2D eigenvalue weighted by atomic mass is 16.5. The van der Waals surface area contributed by atoms with Gasteiger partial charge in [-0.1, -0.05) is 30.3 Å². The van der Waals surface area contributed by atoms with Crippen molar-refractivity contribution in [3.05, 3.63) is 42.0 Å². The fourth-order valence-electron chi connectivity index (χ4n) is 3.15. The van der Waals surface area contributed by atoms with Crippen molar-refractivity contribution in [2.24, 2.45) is 0 Å². The van der Waals surface area contributed by atoms with Gasteiger partial charge < -0.3 is 14.7 Å². The van der Waals surface area contributed by atoms with Crippen LogP contribution in [0.3, 0.4) is 0 Å². The van der Waals surface area contributed by atoms with Crippen molar-refractivity contribution in [2.45, 2.75) is 32.3 Å². The summed E-state index contributed by atoms with van der Waals surface area (Å²) in [6.45, 7) is 3.92. The number of aromatic hydroxyl groups is 1. The largest absolute Gasteiger partial charge is 0.506 e. The van der Waals surface area contributed by atoms with Gasteiger partial charge in [0.05, 0.1) is 11.7 Å². The molecule has 1 heterocycles. The standard InChI is InChI=1S/C19H23NO3/c1-2-20(13-15-8-5-6-12-23-15)19(22)17-11-10-14-7-3-4-9-16(14)18(17)21/h3-4,7,9-11,15,21H,2,5-6,8,12-13H2,1H3/t15-/m0/s1. The number of hydrogen-bond acceptors (Lipinski definition) is 3. The molecule has 1 saturated heterocycles. The number of fused-ring (bicyclic) bond motifs is 1. The molecule has 4 heteroatoms. The number of carbonyl (C=O) groups excluding carboxylic acids is 1. The van der Waals surface area contributed by atoms with E-state index < -0.39 is 0 Å². The second-order valence-corrected chi connectivity index (χ2v) is 6.02. The summed E-state index contributed by atoms with van der Waals surface area (Å²) < 4.78 is 5.74. The van der Waals surface area contributed by atoms with Crippen molar-refractivity contribution < 1.29 is 14.6 Å².